The smallest absolute Gasteiger partial charge is 0.395 e. The van der Waals surface area contributed by atoms with Gasteiger partial charge in [-0.3, -0.25) is 10.3 Å². The third-order valence-electron chi connectivity index (χ3n) is 3.90. The largest absolute Gasteiger partial charge is 0.430 e. The number of nitrogens with zero attached hydrogens (tertiary/aromatic N) is 2. The van der Waals surface area contributed by atoms with Crippen molar-refractivity contribution in [2.45, 2.75) is 6.18 Å². The second-order valence-corrected chi connectivity index (χ2v) is 5.90. The number of hydrogen-bond donors (Lipinski definition) is 2. The Morgan fingerprint density at radius 2 is 1.39 bits per heavy atom. The van der Waals surface area contributed by atoms with E-state index in [-0.39, 0.29) is 5.69 Å². The summed E-state index contributed by atoms with van der Waals surface area (Å²) in [5.41, 5.74) is 5.01. The van der Waals surface area contributed by atoms with Crippen LogP contribution in [0.25, 0.3) is 0 Å². The van der Waals surface area contributed by atoms with Crippen molar-refractivity contribution in [2.24, 2.45) is 5.73 Å². The van der Waals surface area contributed by atoms with E-state index in [1.807, 2.05) is 65.6 Å². The lowest BCUT2D eigenvalue weighted by Crippen LogP contribution is -2.21. The molecule has 0 amide bonds. The molecule has 4 nitrogen and oxygen atoms in total. The molecule has 2 aromatic carbocycles. The number of nitrogens with two attached hydrogens (primary N) is 1. The topological polar surface area (TPSA) is 66.0 Å². The van der Waals surface area contributed by atoms with E-state index in [0.717, 1.165) is 11.4 Å². The minimum Gasteiger partial charge on any atom is -0.395 e. The van der Waals surface area contributed by atoms with Crippen molar-refractivity contribution in [1.82, 2.24) is 4.98 Å². The van der Waals surface area contributed by atoms with Crippen LogP contribution in [0.5, 0.6) is 0 Å². The number of rotatable bonds is 5. The number of hydrogen-bond acceptors (Lipinski definition) is 4. The Morgan fingerprint density at radius 3 is 1.89 bits per heavy atom. The number of anilines is 3. The summed E-state index contributed by atoms with van der Waals surface area (Å²) in [5.74, 6) is 0.471. The van der Waals surface area contributed by atoms with Crippen LogP contribution in [0.3, 0.4) is 0 Å². The molecule has 0 atom stereocenters. The van der Waals surface area contributed by atoms with Crippen molar-refractivity contribution in [2.75, 3.05) is 4.90 Å². The van der Waals surface area contributed by atoms with Gasteiger partial charge in [0.2, 0.25) is 0 Å². The molecular formula is C21H17F3N4. The summed E-state index contributed by atoms with van der Waals surface area (Å²) < 4.78 is 38.0. The van der Waals surface area contributed by atoms with Crippen molar-refractivity contribution in [3.8, 4) is 0 Å². The predicted octanol–water partition coefficient (Wildman–Crippen LogP) is 5.32. The highest BCUT2D eigenvalue weighted by molar-refractivity contribution is 6.05. The van der Waals surface area contributed by atoms with Crippen molar-refractivity contribution < 1.29 is 13.2 Å². The molecule has 7 heteroatoms. The van der Waals surface area contributed by atoms with Crippen molar-refractivity contribution >= 4 is 22.9 Å². The van der Waals surface area contributed by atoms with Gasteiger partial charge in [-0.2, -0.15) is 13.2 Å². The number of benzene rings is 2. The van der Waals surface area contributed by atoms with Gasteiger partial charge < -0.3 is 5.73 Å². The van der Waals surface area contributed by atoms with E-state index < -0.39 is 17.6 Å². The molecule has 0 aliphatic rings. The van der Waals surface area contributed by atoms with Gasteiger partial charge in [0.05, 0.1) is 11.4 Å². The quantitative estimate of drug-likeness (QED) is 0.587. The maximum Gasteiger partial charge on any atom is 0.430 e. The number of para-hydroxylation sites is 2. The third-order valence-corrected chi connectivity index (χ3v) is 3.90. The Kier molecular flexibility index (Phi) is 5.44. The number of aromatic nitrogens is 1. The molecule has 1 heterocycles. The molecule has 3 N–H and O–H groups in total. The van der Waals surface area contributed by atoms with Crippen LogP contribution in [0.2, 0.25) is 0 Å². The first-order chi connectivity index (χ1) is 13.4. The Balaban J connectivity index is 2.04. The molecule has 28 heavy (non-hydrogen) atoms. The van der Waals surface area contributed by atoms with Gasteiger partial charge in [-0.15, -0.1) is 0 Å². The molecule has 0 saturated carbocycles. The fraction of sp³-hybridized carbons (Fsp3) is 0.0476. The normalized spacial score (nSPS) is 11.9. The summed E-state index contributed by atoms with van der Waals surface area (Å²) in [5, 5.41) is 7.95. The van der Waals surface area contributed by atoms with Crippen LogP contribution in [0, 0.1) is 5.41 Å². The monoisotopic (exact) mass is 382 g/mol. The van der Waals surface area contributed by atoms with E-state index >= 15 is 0 Å². The fourth-order valence-corrected chi connectivity index (χ4v) is 2.58. The molecular weight excluding hydrogens is 365 g/mol. The first kappa shape index (κ1) is 19.2. The Labute approximate surface area is 160 Å². The molecule has 0 aliphatic carbocycles. The molecule has 0 radical (unpaired) electrons. The van der Waals surface area contributed by atoms with Gasteiger partial charge in [0.25, 0.3) is 0 Å². The van der Waals surface area contributed by atoms with E-state index in [1.54, 1.807) is 12.1 Å². The zero-order chi connectivity index (χ0) is 20.1. The van der Waals surface area contributed by atoms with E-state index in [2.05, 4.69) is 4.98 Å². The zero-order valence-electron chi connectivity index (χ0n) is 14.7. The molecule has 0 unspecified atom stereocenters. The highest BCUT2D eigenvalue weighted by Gasteiger charge is 2.31. The Hall–Kier alpha value is -3.61. The Bertz CT molecular complexity index is 944. The second-order valence-electron chi connectivity index (χ2n) is 5.90. The van der Waals surface area contributed by atoms with Gasteiger partial charge in [0.1, 0.15) is 11.5 Å². The molecule has 0 spiro atoms. The lowest BCUT2D eigenvalue weighted by atomic mass is 10.2. The summed E-state index contributed by atoms with van der Waals surface area (Å²) in [6.07, 6.45) is -4.12. The van der Waals surface area contributed by atoms with Crippen molar-refractivity contribution in [1.29, 1.82) is 5.41 Å². The summed E-state index contributed by atoms with van der Waals surface area (Å²) in [4.78, 5) is 6.25. The van der Waals surface area contributed by atoms with Gasteiger partial charge in [0, 0.05) is 11.4 Å². The second kappa shape index (κ2) is 7.96. The highest BCUT2D eigenvalue weighted by atomic mass is 19.4. The SMILES string of the molecule is N=C(C=C(N)C(F)(F)F)c1cccc(N(c2ccccc2)c2ccccc2)n1. The lowest BCUT2D eigenvalue weighted by Gasteiger charge is -2.24. The van der Waals surface area contributed by atoms with E-state index in [4.69, 9.17) is 11.1 Å². The molecule has 0 fully saturated rings. The molecule has 3 rings (SSSR count). The van der Waals surface area contributed by atoms with Gasteiger partial charge in [-0.1, -0.05) is 42.5 Å². The zero-order valence-corrected chi connectivity index (χ0v) is 14.7. The number of nitrogens with one attached hydrogen (secondary N) is 1. The third kappa shape index (κ3) is 4.37. The first-order valence-electron chi connectivity index (χ1n) is 8.37. The minimum absolute atomic E-state index is 0.0848. The van der Waals surface area contributed by atoms with Crippen molar-refractivity contribution in [3.63, 3.8) is 0 Å². The predicted molar refractivity (Wildman–Crippen MR) is 104 cm³/mol. The van der Waals surface area contributed by atoms with E-state index in [0.29, 0.717) is 11.9 Å². The number of halogens is 3. The van der Waals surface area contributed by atoms with Gasteiger partial charge in [-0.05, 0) is 42.5 Å². The molecule has 3 aromatic rings. The van der Waals surface area contributed by atoms with Crippen molar-refractivity contribution in [3.05, 3.63) is 96.3 Å². The van der Waals surface area contributed by atoms with Crippen LogP contribution in [0.4, 0.5) is 30.4 Å². The summed E-state index contributed by atoms with van der Waals surface area (Å²) >= 11 is 0. The molecule has 0 bridgehead atoms. The standard InChI is InChI=1S/C21H17F3N4/c22-21(23,24)19(26)14-17(25)18-12-7-13-20(27-18)28(15-8-3-1-4-9-15)16-10-5-2-6-11-16/h1-14,25H,26H2. The molecule has 0 saturated heterocycles. The number of pyridine rings is 1. The summed E-state index contributed by atoms with van der Waals surface area (Å²) in [7, 11) is 0. The van der Waals surface area contributed by atoms with Crippen LogP contribution < -0.4 is 10.6 Å². The average Bonchev–Trinajstić information content (AvgIpc) is 2.69. The highest BCUT2D eigenvalue weighted by Crippen LogP contribution is 2.32. The fourth-order valence-electron chi connectivity index (χ4n) is 2.58. The molecule has 0 aliphatic heterocycles. The van der Waals surface area contributed by atoms with Gasteiger partial charge in [0.15, 0.2) is 0 Å². The lowest BCUT2D eigenvalue weighted by molar-refractivity contribution is -0.0925. The molecule has 1 aromatic heterocycles. The number of alkyl halides is 3. The first-order valence-corrected chi connectivity index (χ1v) is 8.37. The summed E-state index contributed by atoms with van der Waals surface area (Å²) in [6.45, 7) is 0. The number of allylic oxidation sites excluding steroid dienone is 2. The van der Waals surface area contributed by atoms with Crippen LogP contribution in [-0.2, 0) is 0 Å². The minimum atomic E-state index is -4.69. The maximum atomic E-state index is 12.7. The summed E-state index contributed by atoms with van der Waals surface area (Å²) in [6, 6.07) is 23.7. The maximum absolute atomic E-state index is 12.7. The van der Waals surface area contributed by atoms with Crippen LogP contribution >= 0.6 is 0 Å². The van der Waals surface area contributed by atoms with Crippen LogP contribution in [-0.4, -0.2) is 16.9 Å². The van der Waals surface area contributed by atoms with Crippen LogP contribution in [0.1, 0.15) is 5.69 Å². The van der Waals surface area contributed by atoms with Gasteiger partial charge >= 0.3 is 6.18 Å². The average molecular weight is 382 g/mol. The van der Waals surface area contributed by atoms with E-state index in [9.17, 15) is 13.2 Å². The van der Waals surface area contributed by atoms with Gasteiger partial charge in [-0.25, -0.2) is 4.98 Å². The van der Waals surface area contributed by atoms with Crippen LogP contribution in [0.15, 0.2) is 90.6 Å². The molecule has 142 valence electrons. The Morgan fingerprint density at radius 1 is 0.857 bits per heavy atom. The van der Waals surface area contributed by atoms with E-state index in [1.165, 1.54) is 6.07 Å².